The average Bonchev–Trinajstić information content (AvgIpc) is 2.96. The van der Waals surface area contributed by atoms with Gasteiger partial charge in [-0.05, 0) is 24.8 Å². The fourth-order valence-corrected chi connectivity index (χ4v) is 4.17. The first kappa shape index (κ1) is 16.6. The lowest BCUT2D eigenvalue weighted by Crippen LogP contribution is -2.50. The summed E-state index contributed by atoms with van der Waals surface area (Å²) < 4.78 is 0. The molecule has 134 valence electrons. The van der Waals surface area contributed by atoms with Crippen LogP contribution in [-0.2, 0) is 16.1 Å². The summed E-state index contributed by atoms with van der Waals surface area (Å²) in [6.07, 6.45) is 3.87. The number of carbonyl (C=O) groups excluding carboxylic acids is 2. The molecule has 2 aliphatic heterocycles. The first-order valence-electron chi connectivity index (χ1n) is 9.55. The van der Waals surface area contributed by atoms with Crippen LogP contribution in [0.25, 0.3) is 0 Å². The highest BCUT2D eigenvalue weighted by atomic mass is 16.2. The number of carbonyl (C=O) groups is 2. The lowest BCUT2D eigenvalue weighted by atomic mass is 9.92. The van der Waals surface area contributed by atoms with Crippen LogP contribution < -0.4 is 0 Å². The van der Waals surface area contributed by atoms with Gasteiger partial charge in [0.25, 0.3) is 0 Å². The number of likely N-dealkylation sites (tertiary alicyclic amines) is 1. The molecule has 1 unspecified atom stereocenters. The fraction of sp³-hybridized carbons (Fsp3) is 0.600. The molecule has 1 aromatic carbocycles. The zero-order valence-electron chi connectivity index (χ0n) is 14.8. The minimum Gasteiger partial charge on any atom is -0.340 e. The molecule has 2 heterocycles. The number of benzene rings is 1. The smallest absolute Gasteiger partial charge is 0.228 e. The van der Waals surface area contributed by atoms with Crippen LogP contribution in [0.4, 0.5) is 0 Å². The van der Waals surface area contributed by atoms with Gasteiger partial charge < -0.3 is 9.80 Å². The second-order valence-electron chi connectivity index (χ2n) is 7.62. The van der Waals surface area contributed by atoms with E-state index in [-0.39, 0.29) is 17.7 Å². The largest absolute Gasteiger partial charge is 0.340 e. The number of amides is 2. The summed E-state index contributed by atoms with van der Waals surface area (Å²) in [6, 6.07) is 10.9. The quantitative estimate of drug-likeness (QED) is 0.838. The average molecular weight is 341 g/mol. The lowest BCUT2D eigenvalue weighted by molar-refractivity contribution is -0.137. The summed E-state index contributed by atoms with van der Waals surface area (Å²) in [4.78, 5) is 31.4. The molecule has 4 rings (SSSR count). The van der Waals surface area contributed by atoms with E-state index < -0.39 is 0 Å². The molecule has 25 heavy (non-hydrogen) atoms. The van der Waals surface area contributed by atoms with Crippen molar-refractivity contribution in [2.75, 3.05) is 32.7 Å². The SMILES string of the molecule is O=C(C1CC(=O)N(C2CCC2)C1)N1CCN(Cc2ccccc2)CC1. The Balaban J connectivity index is 1.27. The highest BCUT2D eigenvalue weighted by Crippen LogP contribution is 2.31. The normalized spacial score (nSPS) is 25.3. The van der Waals surface area contributed by atoms with E-state index in [0.29, 0.717) is 19.0 Å². The molecule has 5 heteroatoms. The summed E-state index contributed by atoms with van der Waals surface area (Å²) in [7, 11) is 0. The van der Waals surface area contributed by atoms with Crippen LogP contribution in [0.3, 0.4) is 0 Å². The summed E-state index contributed by atoms with van der Waals surface area (Å²) in [5.41, 5.74) is 1.32. The molecule has 2 amide bonds. The highest BCUT2D eigenvalue weighted by Gasteiger charge is 2.41. The third-order valence-electron chi connectivity index (χ3n) is 5.96. The minimum absolute atomic E-state index is 0.117. The Bertz CT molecular complexity index is 621. The minimum atomic E-state index is -0.117. The predicted octanol–water partition coefficient (Wildman–Crippen LogP) is 1.73. The Morgan fingerprint density at radius 1 is 1.04 bits per heavy atom. The molecule has 0 aromatic heterocycles. The predicted molar refractivity (Wildman–Crippen MR) is 95.8 cm³/mol. The van der Waals surface area contributed by atoms with Crippen molar-refractivity contribution in [3.63, 3.8) is 0 Å². The Hall–Kier alpha value is -1.88. The summed E-state index contributed by atoms with van der Waals surface area (Å²) in [6.45, 7) is 4.97. The van der Waals surface area contributed by atoms with E-state index >= 15 is 0 Å². The van der Waals surface area contributed by atoms with Crippen molar-refractivity contribution in [3.8, 4) is 0 Å². The van der Waals surface area contributed by atoms with Crippen LogP contribution in [-0.4, -0.2) is 65.3 Å². The molecule has 5 nitrogen and oxygen atoms in total. The van der Waals surface area contributed by atoms with Crippen molar-refractivity contribution in [1.29, 1.82) is 0 Å². The van der Waals surface area contributed by atoms with Crippen LogP contribution in [0.15, 0.2) is 30.3 Å². The third-order valence-corrected chi connectivity index (χ3v) is 5.96. The van der Waals surface area contributed by atoms with E-state index in [9.17, 15) is 9.59 Å². The molecule has 1 atom stereocenters. The number of hydrogen-bond donors (Lipinski definition) is 0. The van der Waals surface area contributed by atoms with E-state index in [1.54, 1.807) is 0 Å². The Morgan fingerprint density at radius 2 is 1.76 bits per heavy atom. The van der Waals surface area contributed by atoms with Crippen molar-refractivity contribution < 1.29 is 9.59 Å². The van der Waals surface area contributed by atoms with Gasteiger partial charge in [0.1, 0.15) is 0 Å². The van der Waals surface area contributed by atoms with E-state index in [1.807, 2.05) is 15.9 Å². The van der Waals surface area contributed by atoms with Crippen LogP contribution in [0.5, 0.6) is 0 Å². The van der Waals surface area contributed by atoms with E-state index in [1.165, 1.54) is 12.0 Å². The van der Waals surface area contributed by atoms with Crippen molar-refractivity contribution >= 4 is 11.8 Å². The van der Waals surface area contributed by atoms with Gasteiger partial charge in [-0.2, -0.15) is 0 Å². The summed E-state index contributed by atoms with van der Waals surface area (Å²) in [5, 5.41) is 0. The molecular weight excluding hydrogens is 314 g/mol. The molecule has 1 aromatic rings. The third kappa shape index (κ3) is 3.56. The Morgan fingerprint density at radius 3 is 2.40 bits per heavy atom. The van der Waals surface area contributed by atoms with Crippen molar-refractivity contribution in [2.45, 2.75) is 38.3 Å². The van der Waals surface area contributed by atoms with Crippen molar-refractivity contribution in [3.05, 3.63) is 35.9 Å². The second kappa shape index (κ2) is 7.16. The zero-order valence-corrected chi connectivity index (χ0v) is 14.8. The molecule has 1 aliphatic carbocycles. The standard InChI is InChI=1S/C20H27N3O2/c24-19-13-17(15-23(19)18-7-4-8-18)20(25)22-11-9-21(10-12-22)14-16-5-2-1-3-6-16/h1-3,5-6,17-18H,4,7-15H2. The topological polar surface area (TPSA) is 43.9 Å². The van der Waals surface area contributed by atoms with Gasteiger partial charge in [0.2, 0.25) is 11.8 Å². The summed E-state index contributed by atoms with van der Waals surface area (Å²) >= 11 is 0. The lowest BCUT2D eigenvalue weighted by Gasteiger charge is -2.37. The van der Waals surface area contributed by atoms with Gasteiger partial charge in [-0.15, -0.1) is 0 Å². The first-order chi connectivity index (χ1) is 12.2. The number of nitrogens with zero attached hydrogens (tertiary/aromatic N) is 3. The molecule has 0 bridgehead atoms. The van der Waals surface area contributed by atoms with Crippen LogP contribution in [0.2, 0.25) is 0 Å². The van der Waals surface area contributed by atoms with Gasteiger partial charge >= 0.3 is 0 Å². The molecule has 0 N–H and O–H groups in total. The molecular formula is C20H27N3O2. The van der Waals surface area contributed by atoms with E-state index in [2.05, 4.69) is 29.2 Å². The Labute approximate surface area is 149 Å². The van der Waals surface area contributed by atoms with Gasteiger partial charge in [-0.3, -0.25) is 14.5 Å². The fourth-order valence-electron chi connectivity index (χ4n) is 4.17. The van der Waals surface area contributed by atoms with Crippen LogP contribution in [0, 0.1) is 5.92 Å². The second-order valence-corrected chi connectivity index (χ2v) is 7.62. The molecule has 2 saturated heterocycles. The van der Waals surface area contributed by atoms with Crippen molar-refractivity contribution in [2.24, 2.45) is 5.92 Å². The maximum Gasteiger partial charge on any atom is 0.228 e. The molecule has 3 aliphatic rings. The molecule has 1 saturated carbocycles. The maximum absolute atomic E-state index is 12.8. The van der Waals surface area contributed by atoms with Gasteiger partial charge in [-0.1, -0.05) is 30.3 Å². The highest BCUT2D eigenvalue weighted by molar-refractivity contribution is 5.89. The van der Waals surface area contributed by atoms with Gasteiger partial charge in [0.05, 0.1) is 5.92 Å². The summed E-state index contributed by atoms with van der Waals surface area (Å²) in [5.74, 6) is 0.258. The monoisotopic (exact) mass is 341 g/mol. The van der Waals surface area contributed by atoms with E-state index in [4.69, 9.17) is 0 Å². The maximum atomic E-state index is 12.8. The first-order valence-corrected chi connectivity index (χ1v) is 9.55. The van der Waals surface area contributed by atoms with Crippen molar-refractivity contribution in [1.82, 2.24) is 14.7 Å². The number of hydrogen-bond acceptors (Lipinski definition) is 3. The van der Waals surface area contributed by atoms with Gasteiger partial charge in [0.15, 0.2) is 0 Å². The van der Waals surface area contributed by atoms with Gasteiger partial charge in [-0.25, -0.2) is 0 Å². The van der Waals surface area contributed by atoms with E-state index in [0.717, 1.165) is 45.6 Å². The zero-order chi connectivity index (χ0) is 17.2. The van der Waals surface area contributed by atoms with Gasteiger partial charge in [0, 0.05) is 51.7 Å². The number of rotatable bonds is 4. The van der Waals surface area contributed by atoms with Crippen LogP contribution in [0.1, 0.15) is 31.2 Å². The molecule has 3 fully saturated rings. The van der Waals surface area contributed by atoms with Crippen LogP contribution >= 0.6 is 0 Å². The number of piperazine rings is 1. The molecule has 0 radical (unpaired) electrons. The molecule has 0 spiro atoms. The Kier molecular flexibility index (Phi) is 4.75.